The van der Waals surface area contributed by atoms with Gasteiger partial charge < -0.3 is 19.5 Å². The van der Waals surface area contributed by atoms with E-state index in [1.54, 1.807) is 7.11 Å². The maximum Gasteiger partial charge on any atom is 0.0701 e. The fraction of sp³-hybridized carbons (Fsp3) is 1.00. The summed E-state index contributed by atoms with van der Waals surface area (Å²) in [6.45, 7) is 14.6. The van der Waals surface area contributed by atoms with Gasteiger partial charge in [0.2, 0.25) is 0 Å². The van der Waals surface area contributed by atoms with Crippen molar-refractivity contribution in [1.82, 2.24) is 5.32 Å². The van der Waals surface area contributed by atoms with Gasteiger partial charge in [0.1, 0.15) is 0 Å². The Morgan fingerprint density at radius 2 is 1.60 bits per heavy atom. The second-order valence-corrected chi connectivity index (χ2v) is 6.16. The van der Waals surface area contributed by atoms with Crippen molar-refractivity contribution in [2.75, 3.05) is 53.2 Å². The largest absolute Gasteiger partial charge is 0.382 e. The van der Waals surface area contributed by atoms with Crippen LogP contribution in [0.25, 0.3) is 0 Å². The van der Waals surface area contributed by atoms with Gasteiger partial charge in [0.15, 0.2) is 0 Å². The fourth-order valence-corrected chi connectivity index (χ4v) is 1.84. The van der Waals surface area contributed by atoms with E-state index in [2.05, 4.69) is 33.0 Å². The SMILES string of the molecule is CCC(C)(CCOCCOCCOC)CNCC(C)C. The average molecular weight is 289 g/mol. The van der Waals surface area contributed by atoms with Crippen molar-refractivity contribution < 1.29 is 14.2 Å². The van der Waals surface area contributed by atoms with Crippen molar-refractivity contribution in [2.45, 2.75) is 40.5 Å². The van der Waals surface area contributed by atoms with Crippen molar-refractivity contribution in [3.05, 3.63) is 0 Å². The highest BCUT2D eigenvalue weighted by molar-refractivity contribution is 4.75. The number of rotatable bonds is 14. The summed E-state index contributed by atoms with van der Waals surface area (Å²) in [5.41, 5.74) is 0.325. The summed E-state index contributed by atoms with van der Waals surface area (Å²) in [6, 6.07) is 0. The summed E-state index contributed by atoms with van der Waals surface area (Å²) < 4.78 is 15.9. The average Bonchev–Trinajstić information content (AvgIpc) is 2.41. The molecule has 122 valence electrons. The van der Waals surface area contributed by atoms with E-state index in [0.29, 0.717) is 37.8 Å². The highest BCUT2D eigenvalue weighted by Crippen LogP contribution is 2.24. The van der Waals surface area contributed by atoms with Crippen molar-refractivity contribution in [2.24, 2.45) is 11.3 Å². The number of hydrogen-bond acceptors (Lipinski definition) is 4. The first kappa shape index (κ1) is 19.8. The third-order valence-corrected chi connectivity index (χ3v) is 3.61. The van der Waals surface area contributed by atoms with Gasteiger partial charge in [-0.2, -0.15) is 0 Å². The highest BCUT2D eigenvalue weighted by atomic mass is 16.5. The van der Waals surface area contributed by atoms with Crippen LogP contribution in [0.5, 0.6) is 0 Å². The van der Waals surface area contributed by atoms with E-state index < -0.39 is 0 Å². The molecule has 0 heterocycles. The molecule has 0 bridgehead atoms. The summed E-state index contributed by atoms with van der Waals surface area (Å²) in [5, 5.41) is 3.56. The predicted octanol–water partition coefficient (Wildman–Crippen LogP) is 2.72. The topological polar surface area (TPSA) is 39.7 Å². The molecule has 0 aliphatic rings. The molecule has 0 radical (unpaired) electrons. The van der Waals surface area contributed by atoms with Crippen LogP contribution in [0, 0.1) is 11.3 Å². The van der Waals surface area contributed by atoms with Crippen molar-refractivity contribution in [3.8, 4) is 0 Å². The lowest BCUT2D eigenvalue weighted by Gasteiger charge is -2.29. The lowest BCUT2D eigenvalue weighted by Crippen LogP contribution is -2.34. The minimum absolute atomic E-state index is 0.325. The normalized spacial score (nSPS) is 14.7. The molecule has 1 atom stereocenters. The van der Waals surface area contributed by atoms with Crippen LogP contribution in [0.3, 0.4) is 0 Å². The zero-order valence-electron chi connectivity index (χ0n) is 14.2. The minimum atomic E-state index is 0.325. The highest BCUT2D eigenvalue weighted by Gasteiger charge is 2.21. The fourth-order valence-electron chi connectivity index (χ4n) is 1.84. The Kier molecular flexibility index (Phi) is 12.5. The van der Waals surface area contributed by atoms with E-state index in [-0.39, 0.29) is 0 Å². The van der Waals surface area contributed by atoms with Crippen LogP contribution in [0.2, 0.25) is 0 Å². The molecule has 0 amide bonds. The second-order valence-electron chi connectivity index (χ2n) is 6.16. The van der Waals surface area contributed by atoms with Crippen LogP contribution in [-0.2, 0) is 14.2 Å². The number of nitrogens with one attached hydrogen (secondary N) is 1. The van der Waals surface area contributed by atoms with Crippen LogP contribution in [0.4, 0.5) is 0 Å². The number of methoxy groups -OCH3 is 1. The number of hydrogen-bond donors (Lipinski definition) is 1. The Bertz CT molecular complexity index is 212. The van der Waals surface area contributed by atoms with E-state index in [9.17, 15) is 0 Å². The van der Waals surface area contributed by atoms with Gasteiger partial charge in [-0.3, -0.25) is 0 Å². The molecule has 0 aromatic rings. The summed E-state index contributed by atoms with van der Waals surface area (Å²) >= 11 is 0. The first-order valence-electron chi connectivity index (χ1n) is 7.89. The first-order valence-corrected chi connectivity index (χ1v) is 7.89. The van der Waals surface area contributed by atoms with E-state index in [1.807, 2.05) is 0 Å². The second kappa shape index (κ2) is 12.6. The van der Waals surface area contributed by atoms with E-state index >= 15 is 0 Å². The van der Waals surface area contributed by atoms with Gasteiger partial charge in [-0.15, -0.1) is 0 Å². The first-order chi connectivity index (χ1) is 9.54. The lowest BCUT2D eigenvalue weighted by atomic mass is 9.84. The molecule has 0 saturated heterocycles. The van der Waals surface area contributed by atoms with Gasteiger partial charge in [0, 0.05) is 20.3 Å². The van der Waals surface area contributed by atoms with Crippen LogP contribution >= 0.6 is 0 Å². The lowest BCUT2D eigenvalue weighted by molar-refractivity contribution is 0.0172. The molecule has 0 aromatic carbocycles. The Labute approximate surface area is 125 Å². The summed E-state index contributed by atoms with van der Waals surface area (Å²) in [7, 11) is 1.68. The monoisotopic (exact) mass is 289 g/mol. The third-order valence-electron chi connectivity index (χ3n) is 3.61. The molecule has 4 heteroatoms. The molecule has 4 nitrogen and oxygen atoms in total. The smallest absolute Gasteiger partial charge is 0.0701 e. The molecular weight excluding hydrogens is 254 g/mol. The van der Waals surface area contributed by atoms with E-state index in [1.165, 1.54) is 6.42 Å². The predicted molar refractivity (Wildman–Crippen MR) is 84.2 cm³/mol. The van der Waals surface area contributed by atoms with Crippen molar-refractivity contribution in [1.29, 1.82) is 0 Å². The summed E-state index contributed by atoms with van der Waals surface area (Å²) in [6.07, 6.45) is 2.26. The molecule has 0 aliphatic carbocycles. The maximum atomic E-state index is 5.65. The standard InChI is InChI=1S/C16H35NO3/c1-6-16(4,14-17-13-15(2)3)7-8-19-11-12-20-10-9-18-5/h15,17H,6-14H2,1-5H3. The molecule has 20 heavy (non-hydrogen) atoms. The molecule has 0 aromatic heterocycles. The van der Waals surface area contributed by atoms with Gasteiger partial charge in [-0.25, -0.2) is 0 Å². The van der Waals surface area contributed by atoms with Crippen molar-refractivity contribution in [3.63, 3.8) is 0 Å². The Morgan fingerprint density at radius 1 is 1.00 bits per heavy atom. The molecule has 0 fully saturated rings. The molecular formula is C16H35NO3. The van der Waals surface area contributed by atoms with Gasteiger partial charge in [0.05, 0.1) is 26.4 Å². The van der Waals surface area contributed by atoms with E-state index in [0.717, 1.165) is 26.1 Å². The molecule has 1 unspecified atom stereocenters. The number of ether oxygens (including phenoxy) is 3. The molecule has 0 saturated carbocycles. The minimum Gasteiger partial charge on any atom is -0.382 e. The molecule has 0 spiro atoms. The van der Waals surface area contributed by atoms with Crippen LogP contribution in [-0.4, -0.2) is 53.2 Å². The van der Waals surface area contributed by atoms with Gasteiger partial charge in [-0.1, -0.05) is 27.7 Å². The molecule has 1 N–H and O–H groups in total. The van der Waals surface area contributed by atoms with Gasteiger partial charge in [0.25, 0.3) is 0 Å². The zero-order valence-corrected chi connectivity index (χ0v) is 14.2. The quantitative estimate of drug-likeness (QED) is 0.499. The Morgan fingerprint density at radius 3 is 2.15 bits per heavy atom. The van der Waals surface area contributed by atoms with Gasteiger partial charge in [-0.05, 0) is 30.7 Å². The van der Waals surface area contributed by atoms with Crippen LogP contribution in [0.15, 0.2) is 0 Å². The van der Waals surface area contributed by atoms with Gasteiger partial charge >= 0.3 is 0 Å². The van der Waals surface area contributed by atoms with Crippen molar-refractivity contribution >= 4 is 0 Å². The maximum absolute atomic E-state index is 5.65. The molecule has 0 aliphatic heterocycles. The van der Waals surface area contributed by atoms with E-state index in [4.69, 9.17) is 14.2 Å². The third kappa shape index (κ3) is 11.6. The Hall–Kier alpha value is -0.160. The zero-order chi connectivity index (χ0) is 15.3. The van der Waals surface area contributed by atoms with Crippen LogP contribution in [0.1, 0.15) is 40.5 Å². The Balaban J connectivity index is 3.57. The summed E-state index contributed by atoms with van der Waals surface area (Å²) in [4.78, 5) is 0. The van der Waals surface area contributed by atoms with Crippen LogP contribution < -0.4 is 5.32 Å². The molecule has 0 rings (SSSR count). The summed E-state index contributed by atoms with van der Waals surface area (Å²) in [5.74, 6) is 0.705.